The van der Waals surface area contributed by atoms with Crippen LogP contribution in [0.5, 0.6) is 0 Å². The van der Waals surface area contributed by atoms with Gasteiger partial charge >= 0.3 is 31.1 Å². The highest BCUT2D eigenvalue weighted by Gasteiger charge is 2.53. The fourth-order valence-corrected chi connectivity index (χ4v) is 6.07. The van der Waals surface area contributed by atoms with Gasteiger partial charge in [0.1, 0.15) is 0 Å². The first-order valence-corrected chi connectivity index (χ1v) is 12.8. The Labute approximate surface area is 172 Å². The van der Waals surface area contributed by atoms with Gasteiger partial charge < -0.3 is 0 Å². The van der Waals surface area contributed by atoms with Gasteiger partial charge in [0.15, 0.2) is 0 Å². The third-order valence-corrected chi connectivity index (χ3v) is 8.28. The Morgan fingerprint density at radius 1 is 0.567 bits per heavy atom. The minimum Gasteiger partial charge on any atom is -0.203 e. The monoisotopic (exact) mass is 488 g/mol. The maximum atomic E-state index is 13.0. The molecular formula is C16H26F6N2O4S2. The number of hydrogen-bond acceptors (Lipinski definition) is 4. The second-order valence-electron chi connectivity index (χ2n) is 7.98. The smallest absolute Gasteiger partial charge is 0.203 e. The van der Waals surface area contributed by atoms with Crippen LogP contribution in [0.3, 0.4) is 0 Å². The molecule has 2 aliphatic rings. The van der Waals surface area contributed by atoms with E-state index in [4.69, 9.17) is 0 Å². The van der Waals surface area contributed by atoms with Crippen LogP contribution in [0, 0.1) is 11.8 Å². The minimum absolute atomic E-state index is 0.294. The van der Waals surface area contributed by atoms with Crippen LogP contribution in [0.25, 0.3) is 0 Å². The summed E-state index contributed by atoms with van der Waals surface area (Å²) in [6.07, 6.45) is 4.97. The molecule has 6 nitrogen and oxygen atoms in total. The van der Waals surface area contributed by atoms with Crippen LogP contribution < -0.4 is 9.44 Å². The molecule has 2 aliphatic carbocycles. The average molecular weight is 489 g/mol. The molecule has 30 heavy (non-hydrogen) atoms. The average Bonchev–Trinajstić information content (AvgIpc) is 2.64. The molecule has 0 radical (unpaired) electrons. The zero-order valence-corrected chi connectivity index (χ0v) is 17.7. The van der Waals surface area contributed by atoms with Crippen molar-refractivity contribution in [1.29, 1.82) is 0 Å². The van der Waals surface area contributed by atoms with Gasteiger partial charge in [-0.05, 0) is 37.5 Å². The van der Waals surface area contributed by atoms with Gasteiger partial charge in [0.2, 0.25) is 0 Å². The van der Waals surface area contributed by atoms with E-state index in [1.165, 1.54) is 9.44 Å². The maximum Gasteiger partial charge on any atom is 0.511 e. The first kappa shape index (κ1) is 25.7. The lowest BCUT2D eigenvalue weighted by molar-refractivity contribution is -0.0473. The summed E-state index contributed by atoms with van der Waals surface area (Å²) in [4.78, 5) is 0. The summed E-state index contributed by atoms with van der Waals surface area (Å²) < 4.78 is 128. The Balaban J connectivity index is 2.47. The van der Waals surface area contributed by atoms with Crippen LogP contribution in [-0.4, -0.2) is 39.9 Å². The van der Waals surface area contributed by atoms with Crippen molar-refractivity contribution in [1.82, 2.24) is 9.44 Å². The first-order chi connectivity index (χ1) is 13.7. The van der Waals surface area contributed by atoms with Crippen molar-refractivity contribution >= 4 is 20.0 Å². The van der Waals surface area contributed by atoms with Crippen LogP contribution in [0.4, 0.5) is 26.3 Å². The standard InChI is InChI=1S/C16H26F6N2O4S2/c17-15(18,19)29(25,26)23-13(11-7-3-1-4-8-11)14(12-9-5-2-6-10-12)24-30(27,28)16(20,21)22/h11-14,23-24H,1-10H2/t13-,14-/m1/s1. The zero-order chi connectivity index (χ0) is 22.8. The highest BCUT2D eigenvalue weighted by molar-refractivity contribution is 7.90. The molecular weight excluding hydrogens is 462 g/mol. The molecule has 0 aromatic carbocycles. The van der Waals surface area contributed by atoms with E-state index in [1.54, 1.807) is 0 Å². The van der Waals surface area contributed by atoms with Crippen LogP contribution in [0.2, 0.25) is 0 Å². The molecule has 0 saturated heterocycles. The van der Waals surface area contributed by atoms with Crippen molar-refractivity contribution in [2.75, 3.05) is 0 Å². The molecule has 0 amide bonds. The number of hydrogen-bond donors (Lipinski definition) is 2. The number of halogens is 6. The van der Waals surface area contributed by atoms with Crippen molar-refractivity contribution in [2.24, 2.45) is 11.8 Å². The molecule has 2 fully saturated rings. The Morgan fingerprint density at radius 3 is 1.07 bits per heavy atom. The zero-order valence-electron chi connectivity index (χ0n) is 16.1. The Hall–Kier alpha value is -0.600. The van der Waals surface area contributed by atoms with Crippen molar-refractivity contribution < 1.29 is 43.2 Å². The summed E-state index contributed by atoms with van der Waals surface area (Å²) in [5, 5.41) is 0. The molecule has 2 atom stereocenters. The minimum atomic E-state index is -5.89. The molecule has 0 bridgehead atoms. The van der Waals surface area contributed by atoms with Crippen LogP contribution in [0.15, 0.2) is 0 Å². The van der Waals surface area contributed by atoms with Crippen molar-refractivity contribution in [3.63, 3.8) is 0 Å². The SMILES string of the molecule is O=S(=O)(N[C@H](C1CCCCC1)[C@H](NS(=O)(=O)C(F)(F)F)C1CCCCC1)C(F)(F)F. The molecule has 0 spiro atoms. The second-order valence-corrected chi connectivity index (χ2v) is 11.4. The van der Waals surface area contributed by atoms with E-state index >= 15 is 0 Å². The van der Waals surface area contributed by atoms with E-state index in [2.05, 4.69) is 0 Å². The van der Waals surface area contributed by atoms with Gasteiger partial charge in [0, 0.05) is 12.1 Å². The summed E-state index contributed by atoms with van der Waals surface area (Å²) in [7, 11) is -11.8. The van der Waals surface area contributed by atoms with Gasteiger partial charge in [-0.15, -0.1) is 0 Å². The highest BCUT2D eigenvalue weighted by atomic mass is 32.2. The predicted octanol–water partition coefficient (Wildman–Crippen LogP) is 3.76. The van der Waals surface area contributed by atoms with Gasteiger partial charge in [0.05, 0.1) is 0 Å². The topological polar surface area (TPSA) is 92.3 Å². The van der Waals surface area contributed by atoms with Gasteiger partial charge in [0.25, 0.3) is 0 Å². The number of nitrogens with one attached hydrogen (secondary N) is 2. The molecule has 2 N–H and O–H groups in total. The largest absolute Gasteiger partial charge is 0.511 e. The molecule has 14 heteroatoms. The van der Waals surface area contributed by atoms with Gasteiger partial charge in [-0.1, -0.05) is 38.5 Å². The fraction of sp³-hybridized carbons (Fsp3) is 1.00. The van der Waals surface area contributed by atoms with E-state index in [-0.39, 0.29) is 0 Å². The Kier molecular flexibility index (Phi) is 8.12. The molecule has 0 unspecified atom stereocenters. The third-order valence-electron chi connectivity index (χ3n) is 5.89. The lowest BCUT2D eigenvalue weighted by atomic mass is 9.75. The Bertz CT molecular complexity index is 705. The quantitative estimate of drug-likeness (QED) is 0.534. The summed E-state index contributed by atoms with van der Waals surface area (Å²) in [6.45, 7) is 0. The molecule has 2 saturated carbocycles. The molecule has 0 heterocycles. The highest BCUT2D eigenvalue weighted by Crippen LogP contribution is 2.37. The molecule has 0 aliphatic heterocycles. The number of alkyl halides is 6. The maximum absolute atomic E-state index is 13.0. The van der Waals surface area contributed by atoms with Crippen molar-refractivity contribution in [3.05, 3.63) is 0 Å². The molecule has 0 aromatic heterocycles. The molecule has 178 valence electrons. The molecule has 2 rings (SSSR count). The predicted molar refractivity (Wildman–Crippen MR) is 96.9 cm³/mol. The van der Waals surface area contributed by atoms with Gasteiger partial charge in [-0.3, -0.25) is 0 Å². The van der Waals surface area contributed by atoms with Crippen LogP contribution in [0.1, 0.15) is 64.2 Å². The van der Waals surface area contributed by atoms with Crippen molar-refractivity contribution in [2.45, 2.75) is 87.3 Å². The lowest BCUT2D eigenvalue weighted by Gasteiger charge is -2.41. The summed E-state index contributed by atoms with van der Waals surface area (Å²) in [5.41, 5.74) is -11.3. The van der Waals surface area contributed by atoms with Gasteiger partial charge in [-0.2, -0.15) is 26.3 Å². The van der Waals surface area contributed by atoms with E-state index in [0.717, 1.165) is 12.8 Å². The van der Waals surface area contributed by atoms with E-state index in [1.807, 2.05) is 0 Å². The normalized spacial score (nSPS) is 23.3. The number of sulfonamides is 2. The lowest BCUT2D eigenvalue weighted by Crippen LogP contribution is -2.61. The summed E-state index contributed by atoms with van der Waals surface area (Å²) in [5.74, 6) is -1.42. The van der Waals surface area contributed by atoms with Crippen LogP contribution >= 0.6 is 0 Å². The van der Waals surface area contributed by atoms with Gasteiger partial charge in [-0.25, -0.2) is 26.3 Å². The fourth-order valence-electron chi connectivity index (χ4n) is 4.40. The van der Waals surface area contributed by atoms with E-state index in [9.17, 15) is 43.2 Å². The second kappa shape index (κ2) is 9.49. The van der Waals surface area contributed by atoms with E-state index < -0.39 is 55.0 Å². The van der Waals surface area contributed by atoms with Crippen molar-refractivity contribution in [3.8, 4) is 0 Å². The van der Waals surface area contributed by atoms with Crippen LogP contribution in [-0.2, 0) is 20.0 Å². The summed E-state index contributed by atoms with van der Waals surface area (Å²) in [6, 6.07) is -3.26. The number of rotatable bonds is 7. The third kappa shape index (κ3) is 6.22. The molecule has 0 aromatic rings. The van der Waals surface area contributed by atoms with E-state index in [0.29, 0.717) is 51.4 Å². The first-order valence-electron chi connectivity index (χ1n) is 9.83. The Morgan fingerprint density at radius 2 is 0.833 bits per heavy atom. The summed E-state index contributed by atoms with van der Waals surface area (Å²) >= 11 is 0.